The standard InChI is InChI=1S/C18H21N3S/c19-21-11-9-20(10-12-21)16-13-14-5-1-3-7-17(14)22-18-8-4-2-6-15(16)18/h1-8,16H,9-13,19H2. The van der Waals surface area contributed by atoms with Gasteiger partial charge in [-0.25, -0.2) is 5.01 Å². The third-order valence-electron chi connectivity index (χ3n) is 4.67. The lowest BCUT2D eigenvalue weighted by atomic mass is 9.97. The van der Waals surface area contributed by atoms with Gasteiger partial charge in [0.15, 0.2) is 0 Å². The molecule has 0 aliphatic carbocycles. The van der Waals surface area contributed by atoms with Gasteiger partial charge in [-0.05, 0) is 29.7 Å². The van der Waals surface area contributed by atoms with E-state index in [4.69, 9.17) is 5.84 Å². The summed E-state index contributed by atoms with van der Waals surface area (Å²) >= 11 is 1.91. The predicted octanol–water partition coefficient (Wildman–Crippen LogP) is 2.93. The third kappa shape index (κ3) is 2.68. The monoisotopic (exact) mass is 311 g/mol. The highest BCUT2D eigenvalue weighted by atomic mass is 32.2. The first-order valence-corrected chi connectivity index (χ1v) is 8.71. The van der Waals surface area contributed by atoms with Crippen LogP contribution in [0.2, 0.25) is 0 Å². The topological polar surface area (TPSA) is 32.5 Å². The van der Waals surface area contributed by atoms with E-state index in [1.165, 1.54) is 20.9 Å². The highest BCUT2D eigenvalue weighted by Crippen LogP contribution is 2.42. The molecular formula is C18H21N3S. The van der Waals surface area contributed by atoms with Crippen LogP contribution in [0.3, 0.4) is 0 Å². The molecule has 2 aliphatic rings. The summed E-state index contributed by atoms with van der Waals surface area (Å²) in [6.45, 7) is 3.99. The van der Waals surface area contributed by atoms with Crippen molar-refractivity contribution in [3.8, 4) is 0 Å². The summed E-state index contributed by atoms with van der Waals surface area (Å²) in [5, 5.41) is 1.93. The summed E-state index contributed by atoms with van der Waals surface area (Å²) in [4.78, 5) is 5.40. The number of hydrogen-bond acceptors (Lipinski definition) is 4. The number of benzene rings is 2. The van der Waals surface area contributed by atoms with Gasteiger partial charge in [0.1, 0.15) is 0 Å². The van der Waals surface area contributed by atoms with Crippen molar-refractivity contribution in [3.05, 3.63) is 59.7 Å². The van der Waals surface area contributed by atoms with Gasteiger partial charge in [-0.15, -0.1) is 0 Å². The molecule has 0 saturated carbocycles. The van der Waals surface area contributed by atoms with E-state index >= 15 is 0 Å². The van der Waals surface area contributed by atoms with E-state index in [1.807, 2.05) is 16.8 Å². The van der Waals surface area contributed by atoms with Crippen LogP contribution in [0.1, 0.15) is 17.2 Å². The predicted molar refractivity (Wildman–Crippen MR) is 90.8 cm³/mol. The van der Waals surface area contributed by atoms with Crippen molar-refractivity contribution in [2.24, 2.45) is 5.84 Å². The van der Waals surface area contributed by atoms with Crippen LogP contribution in [0.15, 0.2) is 58.3 Å². The Balaban J connectivity index is 1.73. The fraction of sp³-hybridized carbons (Fsp3) is 0.333. The molecule has 114 valence electrons. The van der Waals surface area contributed by atoms with Crippen LogP contribution in [0.25, 0.3) is 0 Å². The van der Waals surface area contributed by atoms with Gasteiger partial charge in [-0.2, -0.15) is 0 Å². The molecule has 4 rings (SSSR count). The molecule has 2 N–H and O–H groups in total. The van der Waals surface area contributed by atoms with Crippen LogP contribution in [-0.2, 0) is 6.42 Å². The van der Waals surface area contributed by atoms with Crippen molar-refractivity contribution in [1.82, 2.24) is 9.91 Å². The number of nitrogens with two attached hydrogens (primary N) is 1. The number of piperazine rings is 1. The van der Waals surface area contributed by atoms with Crippen LogP contribution in [0.5, 0.6) is 0 Å². The number of hydrazine groups is 1. The Morgan fingerprint density at radius 2 is 1.55 bits per heavy atom. The summed E-state index contributed by atoms with van der Waals surface area (Å²) in [6.07, 6.45) is 1.09. The quantitative estimate of drug-likeness (QED) is 0.821. The summed E-state index contributed by atoms with van der Waals surface area (Å²) in [7, 11) is 0. The second kappa shape index (κ2) is 6.05. The SMILES string of the molecule is NN1CCN(C2Cc3ccccc3Sc3ccccc32)CC1. The van der Waals surface area contributed by atoms with Crippen molar-refractivity contribution in [2.75, 3.05) is 26.2 Å². The molecule has 1 saturated heterocycles. The van der Waals surface area contributed by atoms with E-state index < -0.39 is 0 Å². The first-order valence-electron chi connectivity index (χ1n) is 7.89. The minimum atomic E-state index is 0.459. The number of rotatable bonds is 1. The van der Waals surface area contributed by atoms with E-state index in [1.54, 1.807) is 0 Å². The average Bonchev–Trinajstić information content (AvgIpc) is 2.72. The van der Waals surface area contributed by atoms with Crippen molar-refractivity contribution < 1.29 is 0 Å². The normalized spacial score (nSPS) is 22.7. The molecule has 0 aromatic heterocycles. The van der Waals surface area contributed by atoms with E-state index in [2.05, 4.69) is 53.4 Å². The molecular weight excluding hydrogens is 290 g/mol. The molecule has 2 heterocycles. The molecule has 3 nitrogen and oxygen atoms in total. The molecule has 0 amide bonds. The molecule has 2 aliphatic heterocycles. The summed E-state index contributed by atoms with van der Waals surface area (Å²) in [5.41, 5.74) is 2.93. The van der Waals surface area contributed by atoms with Gasteiger partial charge < -0.3 is 0 Å². The lowest BCUT2D eigenvalue weighted by Crippen LogP contribution is -2.50. The zero-order chi connectivity index (χ0) is 14.9. The van der Waals surface area contributed by atoms with Gasteiger partial charge >= 0.3 is 0 Å². The maximum absolute atomic E-state index is 5.93. The molecule has 1 atom stereocenters. The van der Waals surface area contributed by atoms with Crippen LogP contribution in [0, 0.1) is 0 Å². The van der Waals surface area contributed by atoms with Crippen molar-refractivity contribution in [3.63, 3.8) is 0 Å². The molecule has 1 fully saturated rings. The van der Waals surface area contributed by atoms with E-state index in [0.717, 1.165) is 32.6 Å². The Labute approximate surface area is 136 Å². The van der Waals surface area contributed by atoms with Gasteiger partial charge in [-0.1, -0.05) is 48.2 Å². The highest BCUT2D eigenvalue weighted by Gasteiger charge is 2.29. The van der Waals surface area contributed by atoms with Crippen molar-refractivity contribution in [1.29, 1.82) is 0 Å². The molecule has 1 unspecified atom stereocenters. The summed E-state index contributed by atoms with van der Waals surface area (Å²) < 4.78 is 0. The van der Waals surface area contributed by atoms with E-state index in [-0.39, 0.29) is 0 Å². The first kappa shape index (κ1) is 14.3. The van der Waals surface area contributed by atoms with Crippen LogP contribution >= 0.6 is 11.8 Å². The number of nitrogens with zero attached hydrogens (tertiary/aromatic N) is 2. The van der Waals surface area contributed by atoms with Gasteiger partial charge in [0.05, 0.1) is 0 Å². The van der Waals surface area contributed by atoms with Crippen LogP contribution < -0.4 is 5.84 Å². The fourth-order valence-electron chi connectivity index (χ4n) is 3.43. The largest absolute Gasteiger partial charge is 0.293 e. The fourth-order valence-corrected chi connectivity index (χ4v) is 4.57. The lowest BCUT2D eigenvalue weighted by Gasteiger charge is -2.38. The minimum Gasteiger partial charge on any atom is -0.293 e. The highest BCUT2D eigenvalue weighted by molar-refractivity contribution is 7.99. The maximum atomic E-state index is 5.93. The molecule has 0 radical (unpaired) electrons. The average molecular weight is 311 g/mol. The van der Waals surface area contributed by atoms with E-state index in [0.29, 0.717) is 6.04 Å². The van der Waals surface area contributed by atoms with Crippen LogP contribution in [0.4, 0.5) is 0 Å². The first-order chi connectivity index (χ1) is 10.8. The number of hydrogen-bond donors (Lipinski definition) is 1. The van der Waals surface area contributed by atoms with E-state index in [9.17, 15) is 0 Å². The Hall–Kier alpha value is -1.33. The van der Waals surface area contributed by atoms with Crippen molar-refractivity contribution >= 4 is 11.8 Å². The molecule has 0 spiro atoms. The van der Waals surface area contributed by atoms with Gasteiger partial charge in [0.2, 0.25) is 0 Å². The maximum Gasteiger partial charge on any atom is 0.0401 e. The second-order valence-corrected chi connectivity index (χ2v) is 7.12. The number of fused-ring (bicyclic) bond motifs is 2. The van der Waals surface area contributed by atoms with Gasteiger partial charge in [0, 0.05) is 42.0 Å². The molecule has 2 aromatic carbocycles. The molecule has 0 bridgehead atoms. The zero-order valence-corrected chi connectivity index (χ0v) is 13.4. The molecule has 22 heavy (non-hydrogen) atoms. The molecule has 2 aromatic rings. The Morgan fingerprint density at radius 1 is 0.864 bits per heavy atom. The van der Waals surface area contributed by atoms with Gasteiger partial charge in [0.25, 0.3) is 0 Å². The summed E-state index contributed by atoms with van der Waals surface area (Å²) in [6, 6.07) is 18.2. The Morgan fingerprint density at radius 3 is 2.36 bits per heavy atom. The minimum absolute atomic E-state index is 0.459. The lowest BCUT2D eigenvalue weighted by molar-refractivity contribution is 0.0949. The third-order valence-corrected chi connectivity index (χ3v) is 5.88. The summed E-state index contributed by atoms with van der Waals surface area (Å²) in [5.74, 6) is 5.93. The van der Waals surface area contributed by atoms with Crippen molar-refractivity contribution in [2.45, 2.75) is 22.3 Å². The zero-order valence-electron chi connectivity index (χ0n) is 12.6. The second-order valence-electron chi connectivity index (χ2n) is 6.04. The Bertz CT molecular complexity index is 665. The Kier molecular flexibility index (Phi) is 3.92. The molecule has 4 heteroatoms. The van der Waals surface area contributed by atoms with Gasteiger partial charge in [-0.3, -0.25) is 10.7 Å². The smallest absolute Gasteiger partial charge is 0.0401 e. The van der Waals surface area contributed by atoms with Crippen LogP contribution in [-0.4, -0.2) is 36.1 Å².